The summed E-state index contributed by atoms with van der Waals surface area (Å²) in [5.74, 6) is 0.648. The van der Waals surface area contributed by atoms with Gasteiger partial charge in [0, 0.05) is 0 Å². The Morgan fingerprint density at radius 2 is 1.92 bits per heavy atom. The van der Waals surface area contributed by atoms with Crippen molar-refractivity contribution in [3.63, 3.8) is 0 Å². The molecule has 0 aromatic rings. The lowest BCUT2D eigenvalue weighted by atomic mass is 9.96. The van der Waals surface area contributed by atoms with E-state index in [1.165, 1.54) is 0 Å². The highest BCUT2D eigenvalue weighted by molar-refractivity contribution is 6.74. The molecule has 1 aliphatic heterocycles. The summed E-state index contributed by atoms with van der Waals surface area (Å²) in [7, 11) is -1.88. The van der Waals surface area contributed by atoms with Crippen LogP contribution in [0.5, 0.6) is 0 Å². The van der Waals surface area contributed by atoms with Gasteiger partial charge in [0.2, 0.25) is 0 Å². The quantitative estimate of drug-likeness (QED) is 0.500. The molecule has 0 radical (unpaired) electrons. The molecule has 0 saturated carbocycles. The molecular formula is C19H36O4Si. The lowest BCUT2D eigenvalue weighted by molar-refractivity contribution is -0.148. The van der Waals surface area contributed by atoms with Gasteiger partial charge >= 0.3 is 5.97 Å². The third kappa shape index (κ3) is 6.87. The average molecular weight is 357 g/mol. The fourth-order valence-corrected chi connectivity index (χ4v) is 3.38. The standard InChI is InChI=1S/C19H36O4Si/c1-7-21-18(20)16-12-9-8-10-14-17(22-15-11-13-16)23-24(5,6)19(2,3)4/h14,16H,7-13,15H2,1-6H3/b17-14+. The van der Waals surface area contributed by atoms with Gasteiger partial charge in [-0.3, -0.25) is 4.79 Å². The molecule has 0 bridgehead atoms. The summed E-state index contributed by atoms with van der Waals surface area (Å²) in [6.07, 6.45) is 7.68. The zero-order chi connectivity index (χ0) is 18.2. The topological polar surface area (TPSA) is 44.8 Å². The molecule has 0 N–H and O–H groups in total. The number of ether oxygens (including phenoxy) is 2. The van der Waals surface area contributed by atoms with E-state index in [9.17, 15) is 4.79 Å². The molecule has 140 valence electrons. The highest BCUT2D eigenvalue weighted by Gasteiger charge is 2.39. The summed E-state index contributed by atoms with van der Waals surface area (Å²) in [6, 6.07) is 0. The Balaban J connectivity index is 2.64. The van der Waals surface area contributed by atoms with Crippen LogP contribution in [0.2, 0.25) is 18.1 Å². The number of esters is 1. The van der Waals surface area contributed by atoms with Crippen LogP contribution < -0.4 is 0 Å². The Bertz CT molecular complexity index is 424. The molecular weight excluding hydrogens is 320 g/mol. The van der Waals surface area contributed by atoms with Crippen LogP contribution in [0.3, 0.4) is 0 Å². The zero-order valence-electron chi connectivity index (χ0n) is 16.4. The highest BCUT2D eigenvalue weighted by Crippen LogP contribution is 2.38. The van der Waals surface area contributed by atoms with Crippen LogP contribution in [0.1, 0.15) is 66.2 Å². The number of allylic oxidation sites excluding steroid dienone is 1. The van der Waals surface area contributed by atoms with Crippen LogP contribution in [0.25, 0.3) is 0 Å². The summed E-state index contributed by atoms with van der Waals surface area (Å²) >= 11 is 0. The summed E-state index contributed by atoms with van der Waals surface area (Å²) in [5.41, 5.74) is 0. The van der Waals surface area contributed by atoms with Crippen LogP contribution in [0, 0.1) is 5.92 Å². The average Bonchev–Trinajstić information content (AvgIpc) is 2.51. The minimum Gasteiger partial charge on any atom is -0.519 e. The number of hydrogen-bond acceptors (Lipinski definition) is 4. The third-order valence-electron chi connectivity index (χ3n) is 5.04. The van der Waals surface area contributed by atoms with Crippen molar-refractivity contribution in [1.29, 1.82) is 0 Å². The van der Waals surface area contributed by atoms with E-state index in [-0.39, 0.29) is 16.9 Å². The molecule has 0 aromatic carbocycles. The first-order chi connectivity index (χ1) is 11.2. The number of carbonyl (C=O) groups is 1. The van der Waals surface area contributed by atoms with E-state index in [1.807, 2.05) is 6.92 Å². The second kappa shape index (κ2) is 9.49. The second-order valence-electron chi connectivity index (χ2n) is 8.11. The molecule has 0 aliphatic carbocycles. The Hall–Kier alpha value is -0.973. The van der Waals surface area contributed by atoms with Crippen LogP contribution in [-0.4, -0.2) is 27.5 Å². The SMILES string of the molecule is CCOC(=O)C1CCCC/C=C(/O[Si](C)(C)C(C)(C)C)OCCC1. The smallest absolute Gasteiger partial charge is 0.308 e. The van der Waals surface area contributed by atoms with E-state index in [0.29, 0.717) is 19.2 Å². The third-order valence-corrected chi connectivity index (χ3v) is 9.36. The molecule has 0 fully saturated rings. The molecule has 4 nitrogen and oxygen atoms in total. The van der Waals surface area contributed by atoms with Gasteiger partial charge in [-0.05, 0) is 63.2 Å². The van der Waals surface area contributed by atoms with Gasteiger partial charge in [-0.15, -0.1) is 0 Å². The highest BCUT2D eigenvalue weighted by atomic mass is 28.4. The summed E-state index contributed by atoms with van der Waals surface area (Å²) in [4.78, 5) is 12.0. The Kier molecular flexibility index (Phi) is 8.34. The van der Waals surface area contributed by atoms with Crippen LogP contribution in [0.15, 0.2) is 12.0 Å². The van der Waals surface area contributed by atoms with Gasteiger partial charge in [0.25, 0.3) is 14.3 Å². The van der Waals surface area contributed by atoms with Gasteiger partial charge in [0.05, 0.1) is 19.1 Å². The lowest BCUT2D eigenvalue weighted by Crippen LogP contribution is -2.40. The molecule has 1 rings (SSSR count). The monoisotopic (exact) mass is 356 g/mol. The van der Waals surface area contributed by atoms with E-state index in [2.05, 4.69) is 39.9 Å². The van der Waals surface area contributed by atoms with Gasteiger partial charge in [-0.25, -0.2) is 0 Å². The molecule has 0 aromatic heterocycles. The first kappa shape index (κ1) is 21.1. The summed E-state index contributed by atoms with van der Waals surface area (Å²) in [5, 5.41) is 0.151. The van der Waals surface area contributed by atoms with Crippen molar-refractivity contribution in [2.24, 2.45) is 5.92 Å². The molecule has 1 heterocycles. The van der Waals surface area contributed by atoms with Gasteiger partial charge in [-0.2, -0.15) is 0 Å². The van der Waals surface area contributed by atoms with Crippen molar-refractivity contribution in [2.45, 2.75) is 84.4 Å². The molecule has 1 aliphatic rings. The van der Waals surface area contributed by atoms with Crippen LogP contribution in [0.4, 0.5) is 0 Å². The van der Waals surface area contributed by atoms with Crippen molar-refractivity contribution in [3.8, 4) is 0 Å². The molecule has 0 amide bonds. The van der Waals surface area contributed by atoms with Crippen LogP contribution >= 0.6 is 0 Å². The minimum absolute atomic E-state index is 0.0106. The van der Waals surface area contributed by atoms with E-state index in [4.69, 9.17) is 13.9 Å². The molecule has 1 unspecified atom stereocenters. The maximum Gasteiger partial charge on any atom is 0.308 e. The van der Waals surface area contributed by atoms with Crippen molar-refractivity contribution in [2.75, 3.05) is 13.2 Å². The maximum absolute atomic E-state index is 12.0. The molecule has 0 spiro atoms. The first-order valence-corrected chi connectivity index (χ1v) is 12.3. The predicted octanol–water partition coefficient (Wildman–Crippen LogP) is 5.40. The van der Waals surface area contributed by atoms with Crippen LogP contribution in [-0.2, 0) is 18.7 Å². The van der Waals surface area contributed by atoms with Crippen molar-refractivity contribution < 1.29 is 18.7 Å². The van der Waals surface area contributed by atoms with E-state index in [0.717, 1.165) is 38.5 Å². The summed E-state index contributed by atoms with van der Waals surface area (Å²) in [6.45, 7) is 14.1. The van der Waals surface area contributed by atoms with Gasteiger partial charge in [0.1, 0.15) is 0 Å². The Morgan fingerprint density at radius 3 is 2.54 bits per heavy atom. The number of rotatable bonds is 4. The number of hydrogen-bond donors (Lipinski definition) is 0. The fraction of sp³-hybridized carbons (Fsp3) is 0.842. The van der Waals surface area contributed by atoms with Crippen molar-refractivity contribution >= 4 is 14.3 Å². The largest absolute Gasteiger partial charge is 0.519 e. The predicted molar refractivity (Wildman–Crippen MR) is 100 cm³/mol. The van der Waals surface area contributed by atoms with E-state index < -0.39 is 8.32 Å². The fourth-order valence-electron chi connectivity index (χ4n) is 2.43. The van der Waals surface area contributed by atoms with Crippen molar-refractivity contribution in [1.82, 2.24) is 0 Å². The minimum atomic E-state index is -1.88. The molecule has 0 saturated heterocycles. The van der Waals surface area contributed by atoms with Gasteiger partial charge in [0.15, 0.2) is 0 Å². The molecule has 5 heteroatoms. The normalized spacial score (nSPS) is 23.2. The van der Waals surface area contributed by atoms with Crippen molar-refractivity contribution in [3.05, 3.63) is 12.0 Å². The maximum atomic E-state index is 12.0. The lowest BCUT2D eigenvalue weighted by Gasteiger charge is -2.36. The van der Waals surface area contributed by atoms with Gasteiger partial charge < -0.3 is 13.9 Å². The van der Waals surface area contributed by atoms with Gasteiger partial charge in [-0.1, -0.05) is 27.2 Å². The van der Waals surface area contributed by atoms with E-state index >= 15 is 0 Å². The molecule has 1 atom stereocenters. The first-order valence-electron chi connectivity index (χ1n) is 9.36. The Morgan fingerprint density at radius 1 is 1.25 bits per heavy atom. The van der Waals surface area contributed by atoms with E-state index in [1.54, 1.807) is 0 Å². The zero-order valence-corrected chi connectivity index (χ0v) is 17.4. The number of carbonyl (C=O) groups excluding carboxylic acids is 1. The summed E-state index contributed by atoms with van der Waals surface area (Å²) < 4.78 is 17.4. The Labute approximate surface area is 149 Å². The second-order valence-corrected chi connectivity index (χ2v) is 12.8. The molecule has 24 heavy (non-hydrogen) atoms.